The standard InChI is InChI=1S/C20H24F2N2O4/c1-2-26-10-11-27-14-15-6-5-8-17(12-15)24-20(25)23-13-16-7-3-4-9-18(16)28-19(21)22/h3-9,12,19H,2,10-11,13-14H2,1H3,(H2,23,24,25). The minimum atomic E-state index is -2.92. The predicted octanol–water partition coefficient (Wildman–Crippen LogP) is 4.16. The molecule has 152 valence electrons. The SMILES string of the molecule is CCOCCOCc1cccc(NC(=O)NCc2ccccc2OC(F)F)c1. The van der Waals surface area contributed by atoms with Gasteiger partial charge in [-0.15, -0.1) is 0 Å². The highest BCUT2D eigenvalue weighted by atomic mass is 19.3. The van der Waals surface area contributed by atoms with Gasteiger partial charge in [-0.1, -0.05) is 30.3 Å². The molecule has 0 saturated carbocycles. The molecule has 2 aromatic carbocycles. The number of alkyl halides is 2. The average Bonchev–Trinajstić information content (AvgIpc) is 2.67. The van der Waals surface area contributed by atoms with E-state index in [9.17, 15) is 13.6 Å². The lowest BCUT2D eigenvalue weighted by molar-refractivity contribution is -0.0504. The number of rotatable bonds is 11. The number of ether oxygens (including phenoxy) is 3. The van der Waals surface area contributed by atoms with E-state index in [4.69, 9.17) is 9.47 Å². The van der Waals surface area contributed by atoms with Crippen LogP contribution >= 0.6 is 0 Å². The lowest BCUT2D eigenvalue weighted by Gasteiger charge is -2.12. The van der Waals surface area contributed by atoms with Gasteiger partial charge in [0.25, 0.3) is 0 Å². The van der Waals surface area contributed by atoms with Crippen LogP contribution in [0.2, 0.25) is 0 Å². The van der Waals surface area contributed by atoms with Crippen molar-refractivity contribution in [2.24, 2.45) is 0 Å². The Labute approximate surface area is 162 Å². The summed E-state index contributed by atoms with van der Waals surface area (Å²) in [7, 11) is 0. The van der Waals surface area contributed by atoms with Gasteiger partial charge in [0.1, 0.15) is 5.75 Å². The van der Waals surface area contributed by atoms with Crippen LogP contribution < -0.4 is 15.4 Å². The van der Waals surface area contributed by atoms with Crippen molar-refractivity contribution in [1.29, 1.82) is 0 Å². The predicted molar refractivity (Wildman–Crippen MR) is 102 cm³/mol. The molecule has 2 rings (SSSR count). The van der Waals surface area contributed by atoms with Crippen molar-refractivity contribution in [2.45, 2.75) is 26.7 Å². The third kappa shape index (κ3) is 7.89. The van der Waals surface area contributed by atoms with Gasteiger partial charge in [-0.25, -0.2) is 4.79 Å². The van der Waals surface area contributed by atoms with Crippen molar-refractivity contribution in [3.8, 4) is 5.75 Å². The number of amides is 2. The molecule has 0 unspecified atom stereocenters. The molecule has 8 heteroatoms. The summed E-state index contributed by atoms with van der Waals surface area (Å²) in [6.45, 7) is 1.13. The summed E-state index contributed by atoms with van der Waals surface area (Å²) in [5.41, 5.74) is 1.96. The number of carbonyl (C=O) groups is 1. The molecule has 0 fully saturated rings. The zero-order valence-corrected chi connectivity index (χ0v) is 15.6. The molecule has 0 spiro atoms. The van der Waals surface area contributed by atoms with Crippen LogP contribution in [-0.4, -0.2) is 32.5 Å². The fourth-order valence-corrected chi connectivity index (χ4v) is 2.40. The second kappa shape index (κ2) is 11.9. The van der Waals surface area contributed by atoms with Crippen LogP contribution in [0.5, 0.6) is 5.75 Å². The first-order chi connectivity index (χ1) is 13.6. The summed E-state index contributed by atoms with van der Waals surface area (Å²) >= 11 is 0. The molecule has 0 aliphatic rings. The van der Waals surface area contributed by atoms with Crippen molar-refractivity contribution in [1.82, 2.24) is 5.32 Å². The van der Waals surface area contributed by atoms with Gasteiger partial charge in [-0.3, -0.25) is 0 Å². The van der Waals surface area contributed by atoms with Crippen LogP contribution in [0.25, 0.3) is 0 Å². The highest BCUT2D eigenvalue weighted by Crippen LogP contribution is 2.20. The topological polar surface area (TPSA) is 68.8 Å². The van der Waals surface area contributed by atoms with Gasteiger partial charge >= 0.3 is 12.6 Å². The van der Waals surface area contributed by atoms with Crippen LogP contribution in [0.15, 0.2) is 48.5 Å². The highest BCUT2D eigenvalue weighted by molar-refractivity contribution is 5.89. The van der Waals surface area contributed by atoms with Crippen molar-refractivity contribution in [3.63, 3.8) is 0 Å². The molecule has 6 nitrogen and oxygen atoms in total. The van der Waals surface area contributed by atoms with Gasteiger partial charge in [0, 0.05) is 24.4 Å². The summed E-state index contributed by atoms with van der Waals surface area (Å²) in [4.78, 5) is 12.1. The number of para-hydroxylation sites is 1. The molecule has 0 bridgehead atoms. The fraction of sp³-hybridized carbons (Fsp3) is 0.350. The van der Waals surface area contributed by atoms with Gasteiger partial charge in [0.05, 0.1) is 19.8 Å². The Kier molecular flexibility index (Phi) is 9.17. The maximum absolute atomic E-state index is 12.4. The lowest BCUT2D eigenvalue weighted by atomic mass is 10.2. The van der Waals surface area contributed by atoms with Gasteiger partial charge in [-0.2, -0.15) is 8.78 Å². The number of hydrogen-bond donors (Lipinski definition) is 2. The van der Waals surface area contributed by atoms with Gasteiger partial charge in [0.15, 0.2) is 0 Å². The van der Waals surface area contributed by atoms with Crippen LogP contribution in [-0.2, 0) is 22.6 Å². The number of hydrogen-bond acceptors (Lipinski definition) is 4. The normalized spacial score (nSPS) is 10.7. The van der Waals surface area contributed by atoms with E-state index in [0.717, 1.165) is 5.56 Å². The smallest absolute Gasteiger partial charge is 0.387 e. The van der Waals surface area contributed by atoms with Crippen LogP contribution in [0, 0.1) is 0 Å². The zero-order valence-electron chi connectivity index (χ0n) is 15.6. The molecule has 0 aromatic heterocycles. The zero-order chi connectivity index (χ0) is 20.2. The Balaban J connectivity index is 1.82. The second-order valence-corrected chi connectivity index (χ2v) is 5.74. The van der Waals surface area contributed by atoms with Crippen LogP contribution in [0.4, 0.5) is 19.3 Å². The first-order valence-corrected chi connectivity index (χ1v) is 8.90. The number of carbonyl (C=O) groups excluding carboxylic acids is 1. The average molecular weight is 394 g/mol. The van der Waals surface area contributed by atoms with Crippen LogP contribution in [0.3, 0.4) is 0 Å². The Morgan fingerprint density at radius 3 is 2.64 bits per heavy atom. The minimum absolute atomic E-state index is 0.0315. The Morgan fingerprint density at radius 1 is 1.07 bits per heavy atom. The van der Waals surface area contributed by atoms with E-state index in [1.807, 2.05) is 19.1 Å². The van der Waals surface area contributed by atoms with E-state index in [1.54, 1.807) is 30.3 Å². The second-order valence-electron chi connectivity index (χ2n) is 5.74. The molecule has 0 radical (unpaired) electrons. The van der Waals surface area contributed by atoms with Gasteiger partial charge in [0.2, 0.25) is 0 Å². The third-order valence-electron chi connectivity index (χ3n) is 3.66. The van der Waals surface area contributed by atoms with Crippen molar-refractivity contribution >= 4 is 11.7 Å². The molecule has 2 N–H and O–H groups in total. The Bertz CT molecular complexity index is 744. The number of benzene rings is 2. The first-order valence-electron chi connectivity index (χ1n) is 8.90. The van der Waals surface area contributed by atoms with Crippen molar-refractivity contribution < 1.29 is 27.8 Å². The third-order valence-corrected chi connectivity index (χ3v) is 3.66. The number of halogens is 2. The van der Waals surface area contributed by atoms with E-state index in [-0.39, 0.29) is 12.3 Å². The summed E-state index contributed by atoms with van der Waals surface area (Å²) in [6.07, 6.45) is 0. The molecule has 0 aliphatic heterocycles. The number of urea groups is 1. The molecule has 0 atom stereocenters. The fourth-order valence-electron chi connectivity index (χ4n) is 2.40. The van der Waals surface area contributed by atoms with E-state index in [0.29, 0.717) is 37.7 Å². The van der Waals surface area contributed by atoms with E-state index in [2.05, 4.69) is 15.4 Å². The summed E-state index contributed by atoms with van der Waals surface area (Å²) < 4.78 is 40.0. The largest absolute Gasteiger partial charge is 0.434 e. The highest BCUT2D eigenvalue weighted by Gasteiger charge is 2.10. The molecule has 2 aromatic rings. The quantitative estimate of drug-likeness (QED) is 0.562. The maximum Gasteiger partial charge on any atom is 0.387 e. The van der Waals surface area contributed by atoms with E-state index < -0.39 is 12.6 Å². The molecule has 0 saturated heterocycles. The van der Waals surface area contributed by atoms with Gasteiger partial charge in [-0.05, 0) is 30.7 Å². The van der Waals surface area contributed by atoms with Crippen LogP contribution in [0.1, 0.15) is 18.1 Å². The van der Waals surface area contributed by atoms with Crippen molar-refractivity contribution in [2.75, 3.05) is 25.1 Å². The van der Waals surface area contributed by atoms with E-state index >= 15 is 0 Å². The molecular formula is C20H24F2N2O4. The molecular weight excluding hydrogens is 370 g/mol. The number of nitrogens with one attached hydrogen (secondary N) is 2. The molecule has 0 aliphatic carbocycles. The summed E-state index contributed by atoms with van der Waals surface area (Å²) in [5.74, 6) is 0.0315. The van der Waals surface area contributed by atoms with Gasteiger partial charge < -0.3 is 24.8 Å². The molecule has 0 heterocycles. The maximum atomic E-state index is 12.4. The number of anilines is 1. The molecule has 28 heavy (non-hydrogen) atoms. The summed E-state index contributed by atoms with van der Waals surface area (Å²) in [6, 6.07) is 13.1. The van der Waals surface area contributed by atoms with Crippen molar-refractivity contribution in [3.05, 3.63) is 59.7 Å². The lowest BCUT2D eigenvalue weighted by Crippen LogP contribution is -2.28. The first kappa shape index (κ1) is 21.6. The summed E-state index contributed by atoms with van der Waals surface area (Å²) in [5, 5.41) is 5.33. The monoisotopic (exact) mass is 394 g/mol. The van der Waals surface area contributed by atoms with E-state index in [1.165, 1.54) is 6.07 Å². The Hall–Kier alpha value is -2.71. The Morgan fingerprint density at radius 2 is 1.86 bits per heavy atom. The minimum Gasteiger partial charge on any atom is -0.434 e. The molecule has 2 amide bonds.